The molecule has 4 aromatic carbocycles. The van der Waals surface area contributed by atoms with Crippen LogP contribution < -0.4 is 19.6 Å². The second kappa shape index (κ2) is 13.6. The van der Waals surface area contributed by atoms with Crippen LogP contribution in [0.1, 0.15) is 59.5 Å². The second-order valence-electron chi connectivity index (χ2n) is 11.2. The first kappa shape index (κ1) is 31.8. The number of hydrogen-bond donors (Lipinski definition) is 1. The summed E-state index contributed by atoms with van der Waals surface area (Å²) in [5.41, 5.74) is 2.87. The SMILES string of the molecule is COc1c(OC(=O)c2ccccc2)cc2oc3cc(OC(=O)c4ccccc4)c(CC=C(C)C)c(O)c3c(=O)c2c1CC=C(C)C. The molecular formula is C38H34O8. The lowest BCUT2D eigenvalue weighted by atomic mass is 9.98. The Bertz CT molecular complexity index is 2060. The Morgan fingerprint density at radius 2 is 1.20 bits per heavy atom. The van der Waals surface area contributed by atoms with Crippen molar-refractivity contribution in [2.45, 2.75) is 40.5 Å². The number of esters is 2. The van der Waals surface area contributed by atoms with E-state index in [1.54, 1.807) is 60.7 Å². The first-order valence-electron chi connectivity index (χ1n) is 14.8. The van der Waals surface area contributed by atoms with Crippen molar-refractivity contribution >= 4 is 33.9 Å². The highest BCUT2D eigenvalue weighted by atomic mass is 16.6. The minimum absolute atomic E-state index is 0.00882. The number of aromatic hydroxyl groups is 1. The van der Waals surface area contributed by atoms with Crippen LogP contribution in [0, 0.1) is 0 Å². The number of carbonyl (C=O) groups is 2. The number of phenols is 1. The molecule has 0 unspecified atom stereocenters. The molecule has 0 fully saturated rings. The normalized spacial score (nSPS) is 10.8. The molecule has 8 heteroatoms. The molecule has 1 aromatic heterocycles. The molecule has 0 bridgehead atoms. The van der Waals surface area contributed by atoms with Crippen molar-refractivity contribution < 1.29 is 33.3 Å². The zero-order valence-corrected chi connectivity index (χ0v) is 26.3. The van der Waals surface area contributed by atoms with E-state index in [4.69, 9.17) is 18.6 Å². The molecule has 8 nitrogen and oxygen atoms in total. The highest BCUT2D eigenvalue weighted by molar-refractivity contribution is 6.00. The molecule has 0 saturated heterocycles. The number of benzene rings is 4. The maximum absolute atomic E-state index is 14.3. The summed E-state index contributed by atoms with van der Waals surface area (Å²) in [5, 5.41) is 11.7. The number of methoxy groups -OCH3 is 1. The van der Waals surface area contributed by atoms with Gasteiger partial charge in [-0.1, -0.05) is 59.7 Å². The van der Waals surface area contributed by atoms with E-state index >= 15 is 0 Å². The third kappa shape index (κ3) is 6.56. The van der Waals surface area contributed by atoms with E-state index in [1.165, 1.54) is 19.2 Å². The van der Waals surface area contributed by atoms with Crippen molar-refractivity contribution in [2.75, 3.05) is 7.11 Å². The Kier molecular flexibility index (Phi) is 9.37. The monoisotopic (exact) mass is 618 g/mol. The molecule has 5 aromatic rings. The van der Waals surface area contributed by atoms with Crippen LogP contribution in [-0.4, -0.2) is 24.2 Å². The predicted molar refractivity (Wildman–Crippen MR) is 177 cm³/mol. The van der Waals surface area contributed by atoms with E-state index in [9.17, 15) is 19.5 Å². The smallest absolute Gasteiger partial charge is 0.343 e. The van der Waals surface area contributed by atoms with Crippen LogP contribution in [0.15, 0.2) is 105 Å². The van der Waals surface area contributed by atoms with Crippen LogP contribution in [0.4, 0.5) is 0 Å². The van der Waals surface area contributed by atoms with Crippen LogP contribution in [0.2, 0.25) is 0 Å². The molecule has 0 aliphatic heterocycles. The summed E-state index contributed by atoms with van der Waals surface area (Å²) in [6, 6.07) is 19.8. The topological polar surface area (TPSA) is 112 Å². The van der Waals surface area contributed by atoms with Gasteiger partial charge in [0.15, 0.2) is 11.5 Å². The van der Waals surface area contributed by atoms with Crippen molar-refractivity contribution in [2.24, 2.45) is 0 Å². The van der Waals surface area contributed by atoms with Crippen molar-refractivity contribution in [3.63, 3.8) is 0 Å². The lowest BCUT2D eigenvalue weighted by molar-refractivity contribution is 0.0722. The first-order chi connectivity index (χ1) is 22.1. The van der Waals surface area contributed by atoms with Gasteiger partial charge in [0.2, 0.25) is 5.43 Å². The fourth-order valence-corrected chi connectivity index (χ4v) is 5.06. The highest BCUT2D eigenvalue weighted by Crippen LogP contribution is 2.42. The van der Waals surface area contributed by atoms with Crippen LogP contribution in [0.5, 0.6) is 23.0 Å². The second-order valence-corrected chi connectivity index (χ2v) is 11.2. The van der Waals surface area contributed by atoms with Gasteiger partial charge in [-0.15, -0.1) is 0 Å². The Morgan fingerprint density at radius 3 is 1.72 bits per heavy atom. The zero-order chi connectivity index (χ0) is 33.0. The average Bonchev–Trinajstić information content (AvgIpc) is 3.03. The lowest BCUT2D eigenvalue weighted by Gasteiger charge is -2.17. The predicted octanol–water partition coefficient (Wildman–Crippen LogP) is 8.12. The number of rotatable bonds is 9. The number of carbonyl (C=O) groups excluding carboxylic acids is 2. The van der Waals surface area contributed by atoms with Gasteiger partial charge in [0.05, 0.1) is 23.6 Å². The molecule has 0 saturated carbocycles. The minimum Gasteiger partial charge on any atom is -0.507 e. The molecule has 0 spiro atoms. The maximum atomic E-state index is 14.3. The van der Waals surface area contributed by atoms with Crippen molar-refractivity contribution in [3.8, 4) is 23.0 Å². The standard InChI is InChI=1S/C38H34O8/c1-22(2)16-18-26-28(45-37(41)24-12-8-6-9-13-24)20-30-33(34(26)39)35(40)32-27(19-17-23(3)4)36(43-5)31(21-29(32)44-30)46-38(42)25-14-10-7-11-15-25/h6-17,20-21,39H,18-19H2,1-5H3. The van der Waals surface area contributed by atoms with Gasteiger partial charge in [0, 0.05) is 23.3 Å². The van der Waals surface area contributed by atoms with Gasteiger partial charge < -0.3 is 23.7 Å². The molecular weight excluding hydrogens is 584 g/mol. The van der Waals surface area contributed by atoms with Crippen LogP contribution in [0.25, 0.3) is 21.9 Å². The summed E-state index contributed by atoms with van der Waals surface area (Å²) < 4.78 is 23.5. The molecule has 0 aliphatic carbocycles. The zero-order valence-electron chi connectivity index (χ0n) is 26.3. The fraction of sp³-hybridized carbons (Fsp3) is 0.184. The third-order valence-corrected chi connectivity index (χ3v) is 7.37. The summed E-state index contributed by atoms with van der Waals surface area (Å²) in [6.07, 6.45) is 4.23. The summed E-state index contributed by atoms with van der Waals surface area (Å²) in [4.78, 5) is 40.4. The Labute approximate surface area is 266 Å². The van der Waals surface area contributed by atoms with Gasteiger partial charge >= 0.3 is 11.9 Å². The van der Waals surface area contributed by atoms with E-state index in [0.29, 0.717) is 16.7 Å². The average molecular weight is 619 g/mol. The summed E-state index contributed by atoms with van der Waals surface area (Å²) in [5.74, 6) is -1.31. The molecule has 0 radical (unpaired) electrons. The lowest BCUT2D eigenvalue weighted by Crippen LogP contribution is -2.13. The van der Waals surface area contributed by atoms with E-state index in [0.717, 1.165) is 11.1 Å². The van der Waals surface area contributed by atoms with Crippen molar-refractivity contribution in [1.29, 1.82) is 0 Å². The van der Waals surface area contributed by atoms with E-state index in [1.807, 2.05) is 39.8 Å². The van der Waals surface area contributed by atoms with Gasteiger partial charge in [0.25, 0.3) is 0 Å². The Balaban J connectivity index is 1.77. The van der Waals surface area contributed by atoms with Crippen molar-refractivity contribution in [3.05, 3.63) is 129 Å². The molecule has 1 N–H and O–H groups in total. The van der Waals surface area contributed by atoms with Crippen LogP contribution >= 0.6 is 0 Å². The Morgan fingerprint density at radius 1 is 0.717 bits per heavy atom. The molecule has 234 valence electrons. The van der Waals surface area contributed by atoms with E-state index in [-0.39, 0.29) is 63.3 Å². The van der Waals surface area contributed by atoms with Gasteiger partial charge in [0.1, 0.15) is 28.1 Å². The number of hydrogen-bond acceptors (Lipinski definition) is 8. The van der Waals surface area contributed by atoms with Crippen LogP contribution in [0.3, 0.4) is 0 Å². The summed E-state index contributed by atoms with van der Waals surface area (Å²) >= 11 is 0. The molecule has 0 atom stereocenters. The number of phenolic OH excluding ortho intramolecular Hbond substituents is 1. The van der Waals surface area contributed by atoms with Gasteiger partial charge in [-0.3, -0.25) is 4.79 Å². The van der Waals surface area contributed by atoms with Crippen LogP contribution in [-0.2, 0) is 12.8 Å². The highest BCUT2D eigenvalue weighted by Gasteiger charge is 2.26. The number of ether oxygens (including phenoxy) is 3. The molecule has 46 heavy (non-hydrogen) atoms. The third-order valence-electron chi connectivity index (χ3n) is 7.37. The minimum atomic E-state index is -0.634. The summed E-state index contributed by atoms with van der Waals surface area (Å²) in [7, 11) is 1.43. The number of fused-ring (bicyclic) bond motifs is 2. The largest absolute Gasteiger partial charge is 0.507 e. The van der Waals surface area contributed by atoms with E-state index in [2.05, 4.69) is 0 Å². The van der Waals surface area contributed by atoms with Gasteiger partial charge in [-0.25, -0.2) is 9.59 Å². The van der Waals surface area contributed by atoms with Gasteiger partial charge in [-0.2, -0.15) is 0 Å². The van der Waals surface area contributed by atoms with Gasteiger partial charge in [-0.05, 0) is 64.8 Å². The number of allylic oxidation sites excluding steroid dienone is 4. The summed E-state index contributed by atoms with van der Waals surface area (Å²) in [6.45, 7) is 7.65. The first-order valence-corrected chi connectivity index (χ1v) is 14.8. The molecule has 0 aliphatic rings. The molecule has 1 heterocycles. The fourth-order valence-electron chi connectivity index (χ4n) is 5.06. The van der Waals surface area contributed by atoms with Crippen molar-refractivity contribution in [1.82, 2.24) is 0 Å². The maximum Gasteiger partial charge on any atom is 0.343 e. The van der Waals surface area contributed by atoms with E-state index < -0.39 is 17.4 Å². The molecule has 5 rings (SSSR count). The quantitative estimate of drug-likeness (QED) is 0.0763. The molecule has 0 amide bonds. The Hall–Kier alpha value is -5.63.